The van der Waals surface area contributed by atoms with Crippen molar-refractivity contribution in [3.05, 3.63) is 82.7 Å². The maximum atomic E-state index is 14.5. The van der Waals surface area contributed by atoms with Gasteiger partial charge in [-0.1, -0.05) is 30.3 Å². The van der Waals surface area contributed by atoms with Crippen molar-refractivity contribution < 1.29 is 8.78 Å². The van der Waals surface area contributed by atoms with Crippen LogP contribution in [0.5, 0.6) is 0 Å². The van der Waals surface area contributed by atoms with E-state index in [9.17, 15) is 8.78 Å². The molecule has 2 unspecified atom stereocenters. The Balaban J connectivity index is 0.00000218. The SMILES string of the molecule is CC(C)(NCc1nn(-c2ccc(F)cc2F)c2c1C1CCC2C1)c1ccccc1.Cl. The van der Waals surface area contributed by atoms with Crippen LogP contribution in [0.15, 0.2) is 48.5 Å². The number of rotatable bonds is 5. The van der Waals surface area contributed by atoms with Crippen LogP contribution in [0.1, 0.15) is 67.5 Å². The predicted octanol–water partition coefficient (Wildman–Crippen LogP) is 5.96. The molecule has 0 radical (unpaired) electrons. The highest BCUT2D eigenvalue weighted by atomic mass is 35.5. The molecule has 1 N–H and O–H groups in total. The standard InChI is InChI=1S/C24H25F2N3.ClH/c1-24(2,17-6-4-3-5-7-17)27-14-20-22-15-8-9-16(12-15)23(22)29(28-20)21-11-10-18(25)13-19(21)26;/h3-7,10-11,13,15-16,27H,8-9,12,14H2,1-2H3;1H. The minimum absolute atomic E-state index is 0. The molecule has 0 aliphatic heterocycles. The van der Waals surface area contributed by atoms with Gasteiger partial charge < -0.3 is 5.32 Å². The molecule has 1 heterocycles. The number of benzene rings is 2. The predicted molar refractivity (Wildman–Crippen MR) is 116 cm³/mol. The normalized spacial score (nSPS) is 19.6. The lowest BCUT2D eigenvalue weighted by molar-refractivity contribution is 0.396. The van der Waals surface area contributed by atoms with Crippen LogP contribution >= 0.6 is 12.4 Å². The van der Waals surface area contributed by atoms with E-state index in [1.165, 1.54) is 29.7 Å². The van der Waals surface area contributed by atoms with Crippen LogP contribution in [0.2, 0.25) is 0 Å². The van der Waals surface area contributed by atoms with Crippen LogP contribution in [-0.2, 0) is 12.1 Å². The van der Waals surface area contributed by atoms with Crippen molar-refractivity contribution in [2.24, 2.45) is 0 Å². The smallest absolute Gasteiger partial charge is 0.151 e. The van der Waals surface area contributed by atoms with Gasteiger partial charge in [0.1, 0.15) is 11.5 Å². The van der Waals surface area contributed by atoms with E-state index in [0.29, 0.717) is 24.1 Å². The van der Waals surface area contributed by atoms with Gasteiger partial charge in [0.05, 0.1) is 11.4 Å². The number of hydrogen-bond acceptors (Lipinski definition) is 2. The van der Waals surface area contributed by atoms with Crippen molar-refractivity contribution in [2.45, 2.75) is 57.0 Å². The number of fused-ring (bicyclic) bond motifs is 5. The van der Waals surface area contributed by atoms with Gasteiger partial charge in [-0.25, -0.2) is 13.5 Å². The van der Waals surface area contributed by atoms with E-state index >= 15 is 0 Å². The second kappa shape index (κ2) is 7.78. The Bertz CT molecular complexity index is 1060. The lowest BCUT2D eigenvalue weighted by Crippen LogP contribution is -2.36. The summed E-state index contributed by atoms with van der Waals surface area (Å²) >= 11 is 0. The van der Waals surface area contributed by atoms with Gasteiger partial charge >= 0.3 is 0 Å². The maximum absolute atomic E-state index is 14.5. The molecule has 2 aliphatic rings. The van der Waals surface area contributed by atoms with Crippen molar-refractivity contribution in [3.63, 3.8) is 0 Å². The molecule has 3 nitrogen and oxygen atoms in total. The molecule has 2 aromatic carbocycles. The van der Waals surface area contributed by atoms with Crippen LogP contribution in [0.25, 0.3) is 5.69 Å². The first-order chi connectivity index (χ1) is 13.9. The van der Waals surface area contributed by atoms with E-state index in [-0.39, 0.29) is 17.9 Å². The fourth-order valence-electron chi connectivity index (χ4n) is 5.05. The third kappa shape index (κ3) is 3.44. The number of nitrogens with zero attached hydrogens (tertiary/aromatic N) is 2. The molecule has 3 aromatic rings. The Labute approximate surface area is 181 Å². The number of hydrogen-bond donors (Lipinski definition) is 1. The number of halogens is 3. The first-order valence-corrected chi connectivity index (χ1v) is 10.3. The van der Waals surface area contributed by atoms with Crippen molar-refractivity contribution >= 4 is 12.4 Å². The molecule has 1 aromatic heterocycles. The number of aromatic nitrogens is 2. The highest BCUT2D eigenvalue weighted by Gasteiger charge is 2.43. The summed E-state index contributed by atoms with van der Waals surface area (Å²) in [7, 11) is 0. The second-order valence-electron chi connectivity index (χ2n) is 8.80. The van der Waals surface area contributed by atoms with Crippen molar-refractivity contribution in [2.75, 3.05) is 0 Å². The molecular formula is C24H26ClF2N3. The van der Waals surface area contributed by atoms with Crippen LogP contribution in [-0.4, -0.2) is 9.78 Å². The average molecular weight is 430 g/mol. The van der Waals surface area contributed by atoms with Gasteiger partial charge in [0.25, 0.3) is 0 Å². The Morgan fingerprint density at radius 2 is 1.80 bits per heavy atom. The summed E-state index contributed by atoms with van der Waals surface area (Å²) in [4.78, 5) is 0. The molecule has 2 aliphatic carbocycles. The van der Waals surface area contributed by atoms with E-state index < -0.39 is 11.6 Å². The van der Waals surface area contributed by atoms with Gasteiger partial charge in [0.2, 0.25) is 0 Å². The van der Waals surface area contributed by atoms with Gasteiger partial charge in [0.15, 0.2) is 5.82 Å². The zero-order valence-electron chi connectivity index (χ0n) is 17.2. The summed E-state index contributed by atoms with van der Waals surface area (Å²) in [5.41, 5.74) is 4.73. The van der Waals surface area contributed by atoms with E-state index in [4.69, 9.17) is 5.10 Å². The van der Waals surface area contributed by atoms with Crippen molar-refractivity contribution in [1.29, 1.82) is 0 Å². The topological polar surface area (TPSA) is 29.9 Å². The summed E-state index contributed by atoms with van der Waals surface area (Å²) < 4.78 is 29.7. The molecule has 0 amide bonds. The lowest BCUT2D eigenvalue weighted by atomic mass is 9.93. The van der Waals surface area contributed by atoms with Crippen molar-refractivity contribution in [3.8, 4) is 5.69 Å². The first kappa shape index (κ1) is 21.0. The van der Waals surface area contributed by atoms with Gasteiger partial charge in [-0.3, -0.25) is 0 Å². The highest BCUT2D eigenvalue weighted by molar-refractivity contribution is 5.85. The third-order valence-electron chi connectivity index (χ3n) is 6.59. The summed E-state index contributed by atoms with van der Waals surface area (Å²) in [5, 5.41) is 8.46. The minimum atomic E-state index is -0.567. The maximum Gasteiger partial charge on any atom is 0.151 e. The molecule has 30 heavy (non-hydrogen) atoms. The molecule has 158 valence electrons. The Kier molecular flexibility index (Phi) is 5.45. The fourth-order valence-corrected chi connectivity index (χ4v) is 5.05. The third-order valence-corrected chi connectivity index (χ3v) is 6.59. The molecule has 6 heteroatoms. The highest BCUT2D eigenvalue weighted by Crippen LogP contribution is 2.54. The average Bonchev–Trinajstić information content (AvgIpc) is 3.40. The Morgan fingerprint density at radius 1 is 1.07 bits per heavy atom. The Hall–Kier alpha value is -2.24. The molecule has 0 saturated heterocycles. The van der Waals surface area contributed by atoms with Gasteiger partial charge in [-0.05, 0) is 56.7 Å². The van der Waals surface area contributed by atoms with Crippen LogP contribution < -0.4 is 5.32 Å². The zero-order chi connectivity index (χ0) is 20.2. The molecular weight excluding hydrogens is 404 g/mol. The molecule has 0 spiro atoms. The summed E-state index contributed by atoms with van der Waals surface area (Å²) in [6, 6.07) is 14.1. The lowest BCUT2D eigenvalue weighted by Gasteiger charge is -2.27. The molecule has 2 atom stereocenters. The molecule has 1 saturated carbocycles. The van der Waals surface area contributed by atoms with E-state index in [2.05, 4.69) is 31.3 Å². The molecule has 5 rings (SSSR count). The second-order valence-corrected chi connectivity index (χ2v) is 8.80. The minimum Gasteiger partial charge on any atom is -0.302 e. The van der Waals surface area contributed by atoms with Gasteiger partial charge in [-0.2, -0.15) is 5.10 Å². The first-order valence-electron chi connectivity index (χ1n) is 10.3. The van der Waals surface area contributed by atoms with E-state index in [1.807, 2.05) is 18.2 Å². The summed E-state index contributed by atoms with van der Waals surface area (Å²) in [5.74, 6) is -0.211. The van der Waals surface area contributed by atoms with E-state index in [0.717, 1.165) is 30.3 Å². The summed E-state index contributed by atoms with van der Waals surface area (Å²) in [6.07, 6.45) is 3.41. The monoisotopic (exact) mass is 429 g/mol. The van der Waals surface area contributed by atoms with Crippen LogP contribution in [0.4, 0.5) is 8.78 Å². The number of nitrogens with one attached hydrogen (secondary N) is 1. The fraction of sp³-hybridized carbons (Fsp3) is 0.375. The molecule has 2 bridgehead atoms. The van der Waals surface area contributed by atoms with Gasteiger partial charge in [0, 0.05) is 29.6 Å². The molecule has 1 fully saturated rings. The largest absolute Gasteiger partial charge is 0.302 e. The Morgan fingerprint density at radius 3 is 2.53 bits per heavy atom. The van der Waals surface area contributed by atoms with Crippen molar-refractivity contribution in [1.82, 2.24) is 15.1 Å². The van der Waals surface area contributed by atoms with Crippen LogP contribution in [0, 0.1) is 11.6 Å². The quantitative estimate of drug-likeness (QED) is 0.542. The summed E-state index contributed by atoms with van der Waals surface area (Å²) in [6.45, 7) is 4.93. The van der Waals surface area contributed by atoms with Crippen LogP contribution in [0.3, 0.4) is 0 Å². The zero-order valence-corrected chi connectivity index (χ0v) is 18.0. The van der Waals surface area contributed by atoms with E-state index in [1.54, 1.807) is 4.68 Å². The van der Waals surface area contributed by atoms with Gasteiger partial charge in [-0.15, -0.1) is 12.4 Å².